The smallest absolute Gasteiger partial charge is 0.224 e. The van der Waals surface area contributed by atoms with E-state index in [9.17, 15) is 9.18 Å². The molecule has 0 fully saturated rings. The molecule has 16 heavy (non-hydrogen) atoms. The quantitative estimate of drug-likeness (QED) is 0.759. The molecule has 0 aliphatic rings. The first kappa shape index (κ1) is 12.4. The monoisotopic (exact) mass is 222 g/mol. The van der Waals surface area contributed by atoms with Crippen molar-refractivity contribution >= 4 is 17.3 Å². The highest BCUT2D eigenvalue weighted by atomic mass is 19.1. The molecule has 1 aromatic rings. The summed E-state index contributed by atoms with van der Waals surface area (Å²) in [7, 11) is 0. The van der Waals surface area contributed by atoms with Crippen LogP contribution in [-0.4, -0.2) is 11.6 Å². The highest BCUT2D eigenvalue weighted by Crippen LogP contribution is 2.22. The maximum atomic E-state index is 13.6. The Kier molecular flexibility index (Phi) is 3.77. The molecule has 0 heterocycles. The van der Waals surface area contributed by atoms with Gasteiger partial charge < -0.3 is 10.7 Å². The zero-order valence-corrected chi connectivity index (χ0v) is 9.65. The second kappa shape index (κ2) is 4.88. The fraction of sp³-hybridized carbons (Fsp3) is 0.333. The summed E-state index contributed by atoms with van der Waals surface area (Å²) in [5.41, 5.74) is 1.35. The average molecular weight is 222 g/mol. The van der Waals surface area contributed by atoms with Crippen LogP contribution in [0.4, 0.5) is 10.1 Å². The van der Waals surface area contributed by atoms with Crippen LogP contribution in [0.2, 0.25) is 0 Å². The lowest BCUT2D eigenvalue weighted by Crippen LogP contribution is -2.14. The van der Waals surface area contributed by atoms with E-state index in [2.05, 4.69) is 5.32 Å². The number of rotatable bonds is 3. The van der Waals surface area contributed by atoms with Gasteiger partial charge in [-0.25, -0.2) is 4.39 Å². The molecule has 3 nitrogen and oxygen atoms in total. The molecule has 0 spiro atoms. The highest BCUT2D eigenvalue weighted by molar-refractivity contribution is 6.05. The molecule has 1 aromatic carbocycles. The van der Waals surface area contributed by atoms with Gasteiger partial charge in [0.2, 0.25) is 5.91 Å². The van der Waals surface area contributed by atoms with Gasteiger partial charge in [-0.15, -0.1) is 0 Å². The average Bonchev–Trinajstić information content (AvgIpc) is 2.15. The largest absolute Gasteiger partial charge is 0.325 e. The Bertz CT molecular complexity index is 441. The van der Waals surface area contributed by atoms with E-state index in [-0.39, 0.29) is 17.2 Å². The molecular weight excluding hydrogens is 207 g/mol. The van der Waals surface area contributed by atoms with E-state index < -0.39 is 5.82 Å². The second-order valence-electron chi connectivity index (χ2n) is 3.70. The summed E-state index contributed by atoms with van der Waals surface area (Å²) in [4.78, 5) is 11.3. The van der Waals surface area contributed by atoms with Crippen molar-refractivity contribution in [2.45, 2.75) is 27.2 Å². The Balaban J connectivity index is 3.24. The number of hydrogen-bond acceptors (Lipinski definition) is 2. The summed E-state index contributed by atoms with van der Waals surface area (Å²) < 4.78 is 13.6. The maximum absolute atomic E-state index is 13.6. The third kappa shape index (κ3) is 2.66. The number of halogens is 1. The molecule has 1 rings (SSSR count). The molecule has 0 saturated heterocycles. The fourth-order valence-electron chi connectivity index (χ4n) is 1.46. The molecule has 2 N–H and O–H groups in total. The van der Waals surface area contributed by atoms with Crippen molar-refractivity contribution in [3.05, 3.63) is 29.1 Å². The molecule has 0 atom stereocenters. The number of aryl methyl sites for hydroxylation is 1. The summed E-state index contributed by atoms with van der Waals surface area (Å²) >= 11 is 0. The van der Waals surface area contributed by atoms with E-state index in [1.807, 2.05) is 0 Å². The van der Waals surface area contributed by atoms with Crippen molar-refractivity contribution in [1.29, 1.82) is 5.41 Å². The van der Waals surface area contributed by atoms with E-state index in [4.69, 9.17) is 5.41 Å². The predicted octanol–water partition coefficient (Wildman–Crippen LogP) is 2.87. The highest BCUT2D eigenvalue weighted by Gasteiger charge is 2.13. The molecule has 86 valence electrons. The van der Waals surface area contributed by atoms with Crippen LogP contribution in [0, 0.1) is 18.2 Å². The zero-order valence-electron chi connectivity index (χ0n) is 9.65. The Morgan fingerprint density at radius 1 is 1.50 bits per heavy atom. The van der Waals surface area contributed by atoms with Crippen LogP contribution in [0.15, 0.2) is 12.1 Å². The van der Waals surface area contributed by atoms with Gasteiger partial charge in [0.15, 0.2) is 0 Å². The number of carbonyl (C=O) groups excluding carboxylic acids is 1. The van der Waals surface area contributed by atoms with Crippen LogP contribution in [-0.2, 0) is 4.79 Å². The number of nitrogens with one attached hydrogen (secondary N) is 2. The van der Waals surface area contributed by atoms with Gasteiger partial charge in [-0.05, 0) is 31.5 Å². The summed E-state index contributed by atoms with van der Waals surface area (Å²) in [5, 5.41) is 10.1. The normalized spacial score (nSPS) is 10.0. The van der Waals surface area contributed by atoms with Crippen LogP contribution < -0.4 is 5.32 Å². The van der Waals surface area contributed by atoms with Gasteiger partial charge in [0, 0.05) is 12.1 Å². The van der Waals surface area contributed by atoms with Crippen LogP contribution >= 0.6 is 0 Å². The van der Waals surface area contributed by atoms with Gasteiger partial charge in [-0.3, -0.25) is 4.79 Å². The SMILES string of the molecule is CCC(=O)Nc1cc(C)cc(F)c1C(C)=N. The van der Waals surface area contributed by atoms with Gasteiger partial charge >= 0.3 is 0 Å². The zero-order chi connectivity index (χ0) is 12.3. The first-order chi connectivity index (χ1) is 7.45. The minimum absolute atomic E-state index is 0.101. The molecule has 0 radical (unpaired) electrons. The van der Waals surface area contributed by atoms with Crippen molar-refractivity contribution in [1.82, 2.24) is 0 Å². The molecule has 0 unspecified atom stereocenters. The third-order valence-electron chi connectivity index (χ3n) is 2.20. The number of anilines is 1. The molecule has 4 heteroatoms. The Labute approximate surface area is 94.2 Å². The van der Waals surface area contributed by atoms with Crippen LogP contribution in [0.1, 0.15) is 31.4 Å². The third-order valence-corrected chi connectivity index (χ3v) is 2.20. The Morgan fingerprint density at radius 3 is 2.62 bits per heavy atom. The molecule has 0 aromatic heterocycles. The van der Waals surface area contributed by atoms with E-state index >= 15 is 0 Å². The van der Waals surface area contributed by atoms with Crippen molar-refractivity contribution in [3.8, 4) is 0 Å². The van der Waals surface area contributed by atoms with E-state index in [0.29, 0.717) is 17.7 Å². The van der Waals surface area contributed by atoms with Crippen LogP contribution in [0.3, 0.4) is 0 Å². The molecular formula is C12H15FN2O. The van der Waals surface area contributed by atoms with Crippen molar-refractivity contribution in [2.75, 3.05) is 5.32 Å². The first-order valence-corrected chi connectivity index (χ1v) is 5.11. The Morgan fingerprint density at radius 2 is 2.12 bits per heavy atom. The summed E-state index contributed by atoms with van der Waals surface area (Å²) in [5.74, 6) is -0.661. The standard InChI is InChI=1S/C12H15FN2O/c1-4-11(16)15-10-6-7(2)5-9(13)12(10)8(3)14/h5-6,14H,4H2,1-3H3,(H,15,16). The molecule has 0 aliphatic heterocycles. The molecule has 1 amide bonds. The number of benzene rings is 1. The van der Waals surface area contributed by atoms with Crippen LogP contribution in [0.5, 0.6) is 0 Å². The second-order valence-corrected chi connectivity index (χ2v) is 3.70. The van der Waals surface area contributed by atoms with E-state index in [1.165, 1.54) is 13.0 Å². The molecule has 0 bridgehead atoms. The van der Waals surface area contributed by atoms with Crippen LogP contribution in [0.25, 0.3) is 0 Å². The van der Waals surface area contributed by atoms with Gasteiger partial charge in [0.25, 0.3) is 0 Å². The van der Waals surface area contributed by atoms with Gasteiger partial charge in [0.05, 0.1) is 11.3 Å². The Hall–Kier alpha value is -1.71. The predicted molar refractivity (Wildman–Crippen MR) is 62.6 cm³/mol. The van der Waals surface area contributed by atoms with Crippen molar-refractivity contribution in [2.24, 2.45) is 0 Å². The summed E-state index contributed by atoms with van der Waals surface area (Å²) in [6.45, 7) is 4.96. The molecule has 0 saturated carbocycles. The van der Waals surface area contributed by atoms with Gasteiger partial charge in [-0.1, -0.05) is 6.92 Å². The molecule has 0 aliphatic carbocycles. The maximum Gasteiger partial charge on any atom is 0.224 e. The first-order valence-electron chi connectivity index (χ1n) is 5.11. The van der Waals surface area contributed by atoms with Crippen molar-refractivity contribution in [3.63, 3.8) is 0 Å². The van der Waals surface area contributed by atoms with E-state index in [1.54, 1.807) is 19.9 Å². The lowest BCUT2D eigenvalue weighted by molar-refractivity contribution is -0.115. The summed E-state index contributed by atoms with van der Waals surface area (Å²) in [6, 6.07) is 3.03. The van der Waals surface area contributed by atoms with E-state index in [0.717, 1.165) is 0 Å². The van der Waals surface area contributed by atoms with Gasteiger partial charge in [0.1, 0.15) is 5.82 Å². The number of carbonyl (C=O) groups is 1. The summed E-state index contributed by atoms with van der Waals surface area (Å²) in [6.07, 6.45) is 0.325. The topological polar surface area (TPSA) is 53.0 Å². The minimum atomic E-state index is -0.473. The number of amides is 1. The van der Waals surface area contributed by atoms with Crippen molar-refractivity contribution < 1.29 is 9.18 Å². The lowest BCUT2D eigenvalue weighted by atomic mass is 10.0. The fourth-order valence-corrected chi connectivity index (χ4v) is 1.46. The van der Waals surface area contributed by atoms with Gasteiger partial charge in [-0.2, -0.15) is 0 Å². The minimum Gasteiger partial charge on any atom is -0.325 e. The lowest BCUT2D eigenvalue weighted by Gasteiger charge is -2.11. The number of hydrogen-bond donors (Lipinski definition) is 2.